The van der Waals surface area contributed by atoms with Crippen LogP contribution < -0.4 is 4.72 Å². The van der Waals surface area contributed by atoms with Crippen LogP contribution in [0.15, 0.2) is 33.0 Å². The summed E-state index contributed by atoms with van der Waals surface area (Å²) in [6.45, 7) is 3.68. The Bertz CT molecular complexity index is 783. The monoisotopic (exact) mass is 338 g/mol. The van der Waals surface area contributed by atoms with Crippen molar-refractivity contribution in [3.05, 3.63) is 35.7 Å². The van der Waals surface area contributed by atoms with Gasteiger partial charge in [-0.2, -0.15) is 0 Å². The van der Waals surface area contributed by atoms with Gasteiger partial charge in [-0.25, -0.2) is 13.1 Å². The molecule has 0 bridgehead atoms. The van der Waals surface area contributed by atoms with E-state index in [9.17, 15) is 8.42 Å². The highest BCUT2D eigenvalue weighted by molar-refractivity contribution is 7.91. The molecule has 22 heavy (non-hydrogen) atoms. The van der Waals surface area contributed by atoms with E-state index in [0.717, 1.165) is 35.4 Å². The van der Waals surface area contributed by atoms with E-state index in [-0.39, 0.29) is 6.04 Å². The maximum Gasteiger partial charge on any atom is 0.250 e. The zero-order valence-electron chi connectivity index (χ0n) is 12.5. The topological polar surface area (TPSA) is 72.2 Å². The van der Waals surface area contributed by atoms with Crippen LogP contribution in [0.1, 0.15) is 30.7 Å². The molecule has 0 amide bonds. The van der Waals surface area contributed by atoms with Gasteiger partial charge in [-0.05, 0) is 45.2 Å². The Balaban J connectivity index is 1.86. The van der Waals surface area contributed by atoms with Crippen LogP contribution in [0.5, 0.6) is 0 Å². The Kier molecular flexibility index (Phi) is 4.20. The summed E-state index contributed by atoms with van der Waals surface area (Å²) in [5.41, 5.74) is 1.65. The predicted octanol–water partition coefficient (Wildman–Crippen LogP) is 3.41. The van der Waals surface area contributed by atoms with Crippen LogP contribution in [0.3, 0.4) is 0 Å². The Morgan fingerprint density at radius 3 is 2.82 bits per heavy atom. The van der Waals surface area contributed by atoms with Gasteiger partial charge < -0.3 is 4.52 Å². The first-order valence-corrected chi connectivity index (χ1v) is 9.49. The Labute approximate surface area is 134 Å². The predicted molar refractivity (Wildman–Crippen MR) is 86.4 cm³/mol. The highest BCUT2D eigenvalue weighted by Crippen LogP contribution is 2.34. The van der Waals surface area contributed by atoms with Crippen LogP contribution in [-0.2, 0) is 10.0 Å². The number of hydrogen-bond donors (Lipinski definition) is 1. The standard InChI is InChI=1S/C15H18N2O3S2/c1-10-15(11(2)20-16-10)13-8-9-14(21-13)22(18,19)17-12-6-4-3-5-7-12/h4,6,8-9,12,17H,3,5,7H2,1-2H3. The molecule has 2 aromatic heterocycles. The van der Waals surface area contributed by atoms with Gasteiger partial charge in [-0.1, -0.05) is 17.3 Å². The molecule has 0 aromatic carbocycles. The third-order valence-corrected chi connectivity index (χ3v) is 6.77. The van der Waals surface area contributed by atoms with E-state index in [1.807, 2.05) is 32.1 Å². The number of hydrogen-bond acceptors (Lipinski definition) is 5. The van der Waals surface area contributed by atoms with Gasteiger partial charge >= 0.3 is 0 Å². The number of nitrogens with zero attached hydrogens (tertiary/aromatic N) is 1. The van der Waals surface area contributed by atoms with Crippen LogP contribution in [0, 0.1) is 13.8 Å². The molecule has 5 nitrogen and oxygen atoms in total. The van der Waals surface area contributed by atoms with Gasteiger partial charge in [-0.3, -0.25) is 0 Å². The van der Waals surface area contributed by atoms with Crippen LogP contribution in [-0.4, -0.2) is 19.6 Å². The van der Waals surface area contributed by atoms with Crippen LogP contribution in [0.4, 0.5) is 0 Å². The first-order valence-electron chi connectivity index (χ1n) is 7.19. The molecule has 118 valence electrons. The minimum absolute atomic E-state index is 0.108. The minimum Gasteiger partial charge on any atom is -0.361 e. The normalized spacial score (nSPS) is 18.7. The summed E-state index contributed by atoms with van der Waals surface area (Å²) in [4.78, 5) is 0.857. The average molecular weight is 338 g/mol. The van der Waals surface area contributed by atoms with Gasteiger partial charge in [0.1, 0.15) is 9.97 Å². The summed E-state index contributed by atoms with van der Waals surface area (Å²) in [5.74, 6) is 0.700. The third-order valence-electron chi connectivity index (χ3n) is 3.69. The molecule has 3 rings (SSSR count). The Hall–Kier alpha value is -1.44. The lowest BCUT2D eigenvalue weighted by molar-refractivity contribution is 0.393. The van der Waals surface area contributed by atoms with Gasteiger partial charge in [0, 0.05) is 10.9 Å². The number of rotatable bonds is 4. The summed E-state index contributed by atoms with van der Waals surface area (Å²) in [6.07, 6.45) is 6.84. The molecule has 0 radical (unpaired) electrons. The first kappa shape index (κ1) is 15.5. The molecule has 1 aliphatic carbocycles. The largest absolute Gasteiger partial charge is 0.361 e. The van der Waals surface area contributed by atoms with E-state index in [0.29, 0.717) is 9.97 Å². The summed E-state index contributed by atoms with van der Waals surface area (Å²) in [7, 11) is -3.49. The van der Waals surface area contributed by atoms with Crippen molar-refractivity contribution in [3.8, 4) is 10.4 Å². The van der Waals surface area contributed by atoms with Crippen molar-refractivity contribution < 1.29 is 12.9 Å². The molecule has 1 atom stereocenters. The second-order valence-electron chi connectivity index (χ2n) is 5.40. The maximum absolute atomic E-state index is 12.5. The summed E-state index contributed by atoms with van der Waals surface area (Å²) < 4.78 is 33.2. The molecule has 1 N–H and O–H groups in total. The molecule has 0 fully saturated rings. The number of aromatic nitrogens is 1. The highest BCUT2D eigenvalue weighted by atomic mass is 32.2. The molecule has 0 saturated carbocycles. The van der Waals surface area contributed by atoms with Crippen molar-refractivity contribution in [2.45, 2.75) is 43.4 Å². The van der Waals surface area contributed by atoms with E-state index in [4.69, 9.17) is 4.52 Å². The fourth-order valence-electron chi connectivity index (χ4n) is 2.60. The maximum atomic E-state index is 12.5. The smallest absolute Gasteiger partial charge is 0.250 e. The SMILES string of the molecule is Cc1noc(C)c1-c1ccc(S(=O)(=O)NC2C=CCCC2)s1. The zero-order chi connectivity index (χ0) is 15.7. The van der Waals surface area contributed by atoms with E-state index < -0.39 is 10.0 Å². The molecule has 1 unspecified atom stereocenters. The summed E-state index contributed by atoms with van der Waals surface area (Å²) >= 11 is 1.24. The minimum atomic E-state index is -3.49. The van der Waals surface area contributed by atoms with Crippen molar-refractivity contribution in [2.24, 2.45) is 0 Å². The van der Waals surface area contributed by atoms with Crippen LogP contribution in [0.2, 0.25) is 0 Å². The molecule has 2 heterocycles. The Morgan fingerprint density at radius 1 is 1.36 bits per heavy atom. The second-order valence-corrected chi connectivity index (χ2v) is 8.43. The third kappa shape index (κ3) is 3.02. The number of allylic oxidation sites excluding steroid dienone is 1. The lowest BCUT2D eigenvalue weighted by atomic mass is 10.0. The fraction of sp³-hybridized carbons (Fsp3) is 0.400. The average Bonchev–Trinajstić information content (AvgIpc) is 3.07. The Morgan fingerprint density at radius 2 is 2.18 bits per heavy atom. The zero-order valence-corrected chi connectivity index (χ0v) is 14.1. The van der Waals surface area contributed by atoms with Crippen LogP contribution in [0.25, 0.3) is 10.4 Å². The highest BCUT2D eigenvalue weighted by Gasteiger charge is 2.23. The molecule has 0 aliphatic heterocycles. The lowest BCUT2D eigenvalue weighted by Crippen LogP contribution is -2.33. The first-order chi connectivity index (χ1) is 10.5. The molecular weight excluding hydrogens is 320 g/mol. The number of nitrogens with one attached hydrogen (secondary N) is 1. The molecule has 7 heteroatoms. The molecule has 1 aliphatic rings. The van der Waals surface area contributed by atoms with Gasteiger partial charge in [0.25, 0.3) is 10.0 Å². The van der Waals surface area contributed by atoms with Crippen molar-refractivity contribution in [3.63, 3.8) is 0 Å². The second kappa shape index (κ2) is 5.98. The van der Waals surface area contributed by atoms with Crippen LogP contribution >= 0.6 is 11.3 Å². The van der Waals surface area contributed by atoms with Crippen molar-refractivity contribution in [1.82, 2.24) is 9.88 Å². The van der Waals surface area contributed by atoms with E-state index >= 15 is 0 Å². The van der Waals surface area contributed by atoms with Gasteiger partial charge in [0.05, 0.1) is 11.3 Å². The van der Waals surface area contributed by atoms with Crippen molar-refractivity contribution in [2.75, 3.05) is 0 Å². The van der Waals surface area contributed by atoms with Crippen molar-refractivity contribution in [1.29, 1.82) is 0 Å². The fourth-order valence-corrected chi connectivity index (χ4v) is 5.29. The van der Waals surface area contributed by atoms with E-state index in [2.05, 4.69) is 9.88 Å². The van der Waals surface area contributed by atoms with Gasteiger partial charge in [0.15, 0.2) is 0 Å². The van der Waals surface area contributed by atoms with Crippen molar-refractivity contribution >= 4 is 21.4 Å². The van der Waals surface area contributed by atoms with Gasteiger partial charge in [0.2, 0.25) is 0 Å². The van der Waals surface area contributed by atoms with E-state index in [1.54, 1.807) is 6.07 Å². The van der Waals surface area contributed by atoms with Gasteiger partial charge in [-0.15, -0.1) is 11.3 Å². The number of sulfonamides is 1. The quantitative estimate of drug-likeness (QED) is 0.867. The molecule has 2 aromatic rings. The summed E-state index contributed by atoms with van der Waals surface area (Å²) in [6, 6.07) is 3.34. The summed E-state index contributed by atoms with van der Waals surface area (Å²) in [5, 5.41) is 3.92. The number of aryl methyl sites for hydroxylation is 2. The lowest BCUT2D eigenvalue weighted by Gasteiger charge is -2.17. The molecular formula is C15H18N2O3S2. The van der Waals surface area contributed by atoms with E-state index in [1.165, 1.54) is 11.3 Å². The molecule has 0 spiro atoms. The number of thiophene rings is 1. The molecule has 0 saturated heterocycles.